The number of nitrogens with one attached hydrogen (secondary N) is 1. The first-order valence-electron chi connectivity index (χ1n) is 9.11. The number of hydrogen-bond donors (Lipinski definition) is 1. The Morgan fingerprint density at radius 1 is 1.29 bits per heavy atom. The lowest BCUT2D eigenvalue weighted by molar-refractivity contribution is -0.125. The highest BCUT2D eigenvalue weighted by Gasteiger charge is 2.35. The first kappa shape index (κ1) is 20.6. The van der Waals surface area contributed by atoms with Crippen LogP contribution in [-0.4, -0.2) is 44.1 Å². The number of carbonyl (C=O) groups excluding carboxylic acids is 2. The molecule has 1 fully saturated rings. The predicted molar refractivity (Wildman–Crippen MR) is 107 cm³/mol. The molecule has 0 saturated carbocycles. The molecule has 1 aromatic heterocycles. The Balaban J connectivity index is 1.71. The summed E-state index contributed by atoms with van der Waals surface area (Å²) in [7, 11) is 0. The molecule has 0 spiro atoms. The highest BCUT2D eigenvalue weighted by Crippen LogP contribution is 2.26. The SMILES string of the molecule is CC(C)(C)n1ncnc1CNC(=O)[C@@H]1CCCN1C(=O)c1cc(Cl)ccc1Cl. The van der Waals surface area contributed by atoms with Crippen LogP contribution in [0.1, 0.15) is 49.8 Å². The van der Waals surface area contributed by atoms with Gasteiger partial charge in [0.15, 0.2) is 0 Å². The molecule has 0 radical (unpaired) electrons. The number of halogens is 2. The van der Waals surface area contributed by atoms with Gasteiger partial charge in [-0.3, -0.25) is 9.59 Å². The van der Waals surface area contributed by atoms with E-state index >= 15 is 0 Å². The fourth-order valence-corrected chi connectivity index (χ4v) is 3.70. The smallest absolute Gasteiger partial charge is 0.256 e. The molecule has 2 aromatic rings. The van der Waals surface area contributed by atoms with Crippen LogP contribution in [0.15, 0.2) is 24.5 Å². The molecule has 28 heavy (non-hydrogen) atoms. The number of carbonyl (C=O) groups is 2. The monoisotopic (exact) mass is 423 g/mol. The van der Waals surface area contributed by atoms with Gasteiger partial charge < -0.3 is 10.2 Å². The van der Waals surface area contributed by atoms with Crippen LogP contribution in [-0.2, 0) is 16.9 Å². The van der Waals surface area contributed by atoms with Gasteiger partial charge in [-0.05, 0) is 51.8 Å². The van der Waals surface area contributed by atoms with Crippen LogP contribution in [0.4, 0.5) is 0 Å². The number of rotatable bonds is 4. The number of aromatic nitrogens is 3. The first-order chi connectivity index (χ1) is 13.2. The minimum atomic E-state index is -0.548. The van der Waals surface area contributed by atoms with Gasteiger partial charge in [-0.2, -0.15) is 5.10 Å². The van der Waals surface area contributed by atoms with Gasteiger partial charge in [0.25, 0.3) is 5.91 Å². The average molecular weight is 424 g/mol. The van der Waals surface area contributed by atoms with Crippen LogP contribution in [0.3, 0.4) is 0 Å². The number of nitrogens with zero attached hydrogens (tertiary/aromatic N) is 4. The molecule has 1 aliphatic heterocycles. The lowest BCUT2D eigenvalue weighted by Gasteiger charge is -2.25. The molecular weight excluding hydrogens is 401 g/mol. The fourth-order valence-electron chi connectivity index (χ4n) is 3.33. The summed E-state index contributed by atoms with van der Waals surface area (Å²) >= 11 is 12.2. The molecule has 0 aliphatic carbocycles. The van der Waals surface area contributed by atoms with Crippen LogP contribution >= 0.6 is 23.2 Å². The lowest BCUT2D eigenvalue weighted by Crippen LogP contribution is -2.46. The number of benzene rings is 1. The Labute approximate surface area is 174 Å². The summed E-state index contributed by atoms with van der Waals surface area (Å²) in [5, 5.41) is 7.86. The zero-order valence-corrected chi connectivity index (χ0v) is 17.6. The molecule has 2 heterocycles. The molecule has 3 rings (SSSR count). The van der Waals surface area contributed by atoms with Gasteiger partial charge in [0, 0.05) is 11.6 Å². The van der Waals surface area contributed by atoms with Crippen LogP contribution in [0, 0.1) is 0 Å². The zero-order chi connectivity index (χ0) is 20.5. The maximum absolute atomic E-state index is 12.9. The highest BCUT2D eigenvalue weighted by atomic mass is 35.5. The van der Waals surface area contributed by atoms with Gasteiger partial charge in [-0.25, -0.2) is 9.67 Å². The van der Waals surface area contributed by atoms with Crippen molar-refractivity contribution >= 4 is 35.0 Å². The Morgan fingerprint density at radius 2 is 2.04 bits per heavy atom. The van der Waals surface area contributed by atoms with Crippen LogP contribution in [0.2, 0.25) is 10.0 Å². The second-order valence-electron chi connectivity index (χ2n) is 7.76. The largest absolute Gasteiger partial charge is 0.347 e. The van der Waals surface area contributed by atoms with Crippen molar-refractivity contribution in [2.24, 2.45) is 0 Å². The van der Waals surface area contributed by atoms with Crippen molar-refractivity contribution in [2.45, 2.75) is 51.7 Å². The summed E-state index contributed by atoms with van der Waals surface area (Å²) in [5.74, 6) is 0.157. The predicted octanol–water partition coefficient (Wildman–Crippen LogP) is 3.26. The van der Waals surface area contributed by atoms with E-state index in [0.717, 1.165) is 6.42 Å². The molecule has 9 heteroatoms. The fraction of sp³-hybridized carbons (Fsp3) is 0.474. The molecular formula is C19H23Cl2N5O2. The molecule has 1 saturated heterocycles. The second kappa shape index (κ2) is 8.09. The average Bonchev–Trinajstić information content (AvgIpc) is 3.30. The topological polar surface area (TPSA) is 80.1 Å². The highest BCUT2D eigenvalue weighted by molar-refractivity contribution is 6.35. The van der Waals surface area contributed by atoms with E-state index in [9.17, 15) is 9.59 Å². The zero-order valence-electron chi connectivity index (χ0n) is 16.1. The van der Waals surface area contributed by atoms with Crippen molar-refractivity contribution in [3.63, 3.8) is 0 Å². The summed E-state index contributed by atoms with van der Waals surface area (Å²) in [6.07, 6.45) is 2.82. The summed E-state index contributed by atoms with van der Waals surface area (Å²) in [6, 6.07) is 4.20. The Kier molecular flexibility index (Phi) is 5.95. The third kappa shape index (κ3) is 4.31. The molecule has 0 unspecified atom stereocenters. The molecule has 0 bridgehead atoms. The van der Waals surface area contributed by atoms with E-state index in [1.807, 2.05) is 20.8 Å². The van der Waals surface area contributed by atoms with E-state index in [4.69, 9.17) is 23.2 Å². The van der Waals surface area contributed by atoms with Crippen molar-refractivity contribution < 1.29 is 9.59 Å². The van der Waals surface area contributed by atoms with Crippen molar-refractivity contribution in [2.75, 3.05) is 6.54 Å². The Bertz CT molecular complexity index is 891. The lowest BCUT2D eigenvalue weighted by atomic mass is 10.1. The van der Waals surface area contributed by atoms with Crippen molar-refractivity contribution in [1.29, 1.82) is 0 Å². The minimum absolute atomic E-state index is 0.215. The molecule has 1 aromatic carbocycles. The summed E-state index contributed by atoms with van der Waals surface area (Å²) in [6.45, 7) is 6.78. The third-order valence-electron chi connectivity index (χ3n) is 4.65. The van der Waals surface area contributed by atoms with E-state index in [1.165, 1.54) is 12.4 Å². The number of hydrogen-bond acceptors (Lipinski definition) is 4. The van der Waals surface area contributed by atoms with Gasteiger partial charge in [-0.1, -0.05) is 23.2 Å². The van der Waals surface area contributed by atoms with Gasteiger partial charge in [-0.15, -0.1) is 0 Å². The molecule has 1 N–H and O–H groups in total. The quantitative estimate of drug-likeness (QED) is 0.817. The normalized spacial score (nSPS) is 17.0. The van der Waals surface area contributed by atoms with Gasteiger partial charge in [0.2, 0.25) is 5.91 Å². The van der Waals surface area contributed by atoms with E-state index in [1.54, 1.807) is 21.7 Å². The van der Waals surface area contributed by atoms with Crippen LogP contribution < -0.4 is 5.32 Å². The van der Waals surface area contributed by atoms with E-state index in [0.29, 0.717) is 34.4 Å². The minimum Gasteiger partial charge on any atom is -0.347 e. The molecule has 1 atom stereocenters. The van der Waals surface area contributed by atoms with Crippen LogP contribution in [0.25, 0.3) is 0 Å². The summed E-state index contributed by atoms with van der Waals surface area (Å²) in [5.41, 5.74) is 0.0660. The number of amides is 2. The molecule has 1 aliphatic rings. The maximum atomic E-state index is 12.9. The van der Waals surface area contributed by atoms with Crippen molar-refractivity contribution in [3.05, 3.63) is 46.0 Å². The van der Waals surface area contributed by atoms with E-state index in [2.05, 4.69) is 15.4 Å². The summed E-state index contributed by atoms with van der Waals surface area (Å²) < 4.78 is 1.77. The number of likely N-dealkylation sites (tertiary alicyclic amines) is 1. The molecule has 2 amide bonds. The first-order valence-corrected chi connectivity index (χ1v) is 9.87. The standard InChI is InChI=1S/C19H23Cl2N5O2/c1-19(2,3)26-16(23-11-24-26)10-22-17(27)15-5-4-8-25(15)18(28)13-9-12(20)6-7-14(13)21/h6-7,9,11,15H,4-5,8,10H2,1-3H3,(H,22,27)/t15-/m0/s1. The molecule has 150 valence electrons. The second-order valence-corrected chi connectivity index (χ2v) is 8.60. The van der Waals surface area contributed by atoms with E-state index in [-0.39, 0.29) is 23.9 Å². The Hall–Kier alpha value is -2.12. The van der Waals surface area contributed by atoms with Crippen molar-refractivity contribution in [1.82, 2.24) is 25.0 Å². The summed E-state index contributed by atoms with van der Waals surface area (Å²) in [4.78, 5) is 31.5. The van der Waals surface area contributed by atoms with Crippen LogP contribution in [0.5, 0.6) is 0 Å². The van der Waals surface area contributed by atoms with Gasteiger partial charge in [0.05, 0.1) is 22.7 Å². The van der Waals surface area contributed by atoms with Gasteiger partial charge in [0.1, 0.15) is 18.2 Å². The van der Waals surface area contributed by atoms with Crippen molar-refractivity contribution in [3.8, 4) is 0 Å². The van der Waals surface area contributed by atoms with Gasteiger partial charge >= 0.3 is 0 Å². The molecule has 7 nitrogen and oxygen atoms in total. The third-order valence-corrected chi connectivity index (χ3v) is 5.21. The van der Waals surface area contributed by atoms with E-state index < -0.39 is 6.04 Å². The Morgan fingerprint density at radius 3 is 2.75 bits per heavy atom. The maximum Gasteiger partial charge on any atom is 0.256 e.